The fourth-order valence-corrected chi connectivity index (χ4v) is 5.68. The zero-order chi connectivity index (χ0) is 14.1. The van der Waals surface area contributed by atoms with E-state index in [4.69, 9.17) is 0 Å². The molecule has 0 aromatic heterocycles. The summed E-state index contributed by atoms with van der Waals surface area (Å²) in [5.74, 6) is 4.88. The highest BCUT2D eigenvalue weighted by Crippen LogP contribution is 2.62. The van der Waals surface area contributed by atoms with Crippen molar-refractivity contribution in [1.82, 2.24) is 0 Å². The van der Waals surface area contributed by atoms with Gasteiger partial charge in [-0.25, -0.2) is 19.6 Å². The van der Waals surface area contributed by atoms with Gasteiger partial charge in [0, 0.05) is 0 Å². The topological polar surface area (TPSA) is 58.9 Å². The molecule has 0 aliphatic heterocycles. The largest absolute Gasteiger partial charge is 0.234 e. The van der Waals surface area contributed by atoms with Crippen LogP contribution in [0.5, 0.6) is 0 Å². The Hall–Kier alpha value is -1.24. The predicted molar refractivity (Wildman–Crippen MR) is 74.5 cm³/mol. The highest BCUT2D eigenvalue weighted by Gasteiger charge is 2.57. The Bertz CT molecular complexity index is 465. The molecule has 0 radical (unpaired) electrons. The third-order valence-corrected chi connectivity index (χ3v) is 6.24. The fourth-order valence-electron chi connectivity index (χ4n) is 5.68. The van der Waals surface area contributed by atoms with Crippen LogP contribution < -0.4 is 0 Å². The Balaban J connectivity index is 1.77. The molecule has 3 fully saturated rings. The number of isocyanates is 2. The summed E-state index contributed by atoms with van der Waals surface area (Å²) in [7, 11) is 0. The van der Waals surface area contributed by atoms with Crippen molar-refractivity contribution in [3.8, 4) is 0 Å². The first-order valence-corrected chi connectivity index (χ1v) is 7.83. The van der Waals surface area contributed by atoms with E-state index in [0.717, 1.165) is 29.6 Å². The Kier molecular flexibility index (Phi) is 3.87. The number of carbonyl (C=O) groups excluding carboxylic acids is 2. The van der Waals surface area contributed by atoms with E-state index >= 15 is 0 Å². The van der Waals surface area contributed by atoms with Gasteiger partial charge in [0.15, 0.2) is 0 Å². The van der Waals surface area contributed by atoms with Gasteiger partial charge in [0.1, 0.15) is 0 Å². The number of aliphatic imine (C=N–C) groups is 2. The molecule has 4 nitrogen and oxygen atoms in total. The van der Waals surface area contributed by atoms with Crippen molar-refractivity contribution >= 4 is 12.2 Å². The predicted octanol–water partition coefficient (Wildman–Crippen LogP) is 2.59. The smallest absolute Gasteiger partial charge is 0.211 e. The second-order valence-electron chi connectivity index (χ2n) is 6.99. The number of rotatable bonds is 4. The van der Waals surface area contributed by atoms with Gasteiger partial charge >= 0.3 is 0 Å². The van der Waals surface area contributed by atoms with Gasteiger partial charge in [-0.05, 0) is 60.7 Å². The van der Waals surface area contributed by atoms with Crippen molar-refractivity contribution in [2.24, 2.45) is 51.4 Å². The zero-order valence-electron chi connectivity index (χ0n) is 12.0. The lowest BCUT2D eigenvalue weighted by molar-refractivity contribution is 0.0301. The van der Waals surface area contributed by atoms with E-state index in [1.54, 1.807) is 12.2 Å². The van der Waals surface area contributed by atoms with Crippen LogP contribution in [0.1, 0.15) is 32.6 Å². The molecule has 0 aromatic rings. The van der Waals surface area contributed by atoms with E-state index in [-0.39, 0.29) is 0 Å². The minimum Gasteiger partial charge on any atom is -0.211 e. The van der Waals surface area contributed by atoms with Crippen molar-refractivity contribution in [2.45, 2.75) is 32.6 Å². The lowest BCUT2D eigenvalue weighted by Crippen LogP contribution is -2.41. The van der Waals surface area contributed by atoms with Crippen LogP contribution in [0.25, 0.3) is 0 Å². The quantitative estimate of drug-likeness (QED) is 0.584. The number of nitrogens with zero attached hydrogens (tertiary/aromatic N) is 2. The molecule has 0 amide bonds. The standard InChI is InChI=1S/C16H22N2O2/c1-10-2-3-11(6-17-8-19)16-12-4-13(7-18-9-20)14(5-12)15(10)16/h10-16H,2-7H2,1H3. The van der Waals surface area contributed by atoms with Crippen LogP contribution in [0.2, 0.25) is 0 Å². The first-order valence-electron chi connectivity index (χ1n) is 7.83. The highest BCUT2D eigenvalue weighted by molar-refractivity contribution is 5.33. The van der Waals surface area contributed by atoms with E-state index in [9.17, 15) is 9.59 Å². The second-order valence-corrected chi connectivity index (χ2v) is 6.99. The molecule has 20 heavy (non-hydrogen) atoms. The molecule has 108 valence electrons. The minimum absolute atomic E-state index is 0.572. The third kappa shape index (κ3) is 2.17. The van der Waals surface area contributed by atoms with Crippen LogP contribution in [-0.4, -0.2) is 25.2 Å². The minimum atomic E-state index is 0.572. The SMILES string of the molecule is CC1CCC(CN=C=O)C2C3CC(CN=C=O)C(C3)C12. The summed E-state index contributed by atoms with van der Waals surface area (Å²) in [4.78, 5) is 28.4. The Morgan fingerprint density at radius 2 is 1.65 bits per heavy atom. The summed E-state index contributed by atoms with van der Waals surface area (Å²) in [6.07, 6.45) is 8.33. The van der Waals surface area contributed by atoms with Gasteiger partial charge in [0.25, 0.3) is 0 Å². The molecule has 7 unspecified atom stereocenters. The average Bonchev–Trinajstić information content (AvgIpc) is 3.03. The Morgan fingerprint density at radius 1 is 0.950 bits per heavy atom. The molecule has 0 N–H and O–H groups in total. The average molecular weight is 274 g/mol. The monoisotopic (exact) mass is 274 g/mol. The van der Waals surface area contributed by atoms with Crippen molar-refractivity contribution < 1.29 is 9.59 Å². The van der Waals surface area contributed by atoms with Gasteiger partial charge < -0.3 is 0 Å². The summed E-state index contributed by atoms with van der Waals surface area (Å²) in [6.45, 7) is 3.70. The summed E-state index contributed by atoms with van der Waals surface area (Å²) in [5, 5.41) is 0. The molecule has 0 saturated heterocycles. The van der Waals surface area contributed by atoms with Gasteiger partial charge in [-0.2, -0.15) is 0 Å². The van der Waals surface area contributed by atoms with Gasteiger partial charge in [-0.1, -0.05) is 13.3 Å². The van der Waals surface area contributed by atoms with Crippen LogP contribution in [0.4, 0.5) is 0 Å². The van der Waals surface area contributed by atoms with Crippen LogP contribution in [0.15, 0.2) is 9.98 Å². The molecule has 0 spiro atoms. The van der Waals surface area contributed by atoms with Gasteiger partial charge in [-0.15, -0.1) is 0 Å². The van der Waals surface area contributed by atoms with E-state index in [1.807, 2.05) is 0 Å². The van der Waals surface area contributed by atoms with Crippen LogP contribution in [-0.2, 0) is 9.59 Å². The molecular formula is C16H22N2O2. The fraction of sp³-hybridized carbons (Fsp3) is 0.875. The Labute approximate surface area is 119 Å². The van der Waals surface area contributed by atoms with Crippen molar-refractivity contribution in [1.29, 1.82) is 0 Å². The third-order valence-electron chi connectivity index (χ3n) is 6.24. The Morgan fingerprint density at radius 3 is 2.35 bits per heavy atom. The zero-order valence-corrected chi connectivity index (χ0v) is 12.0. The first kappa shape index (κ1) is 13.7. The number of hydrogen-bond donors (Lipinski definition) is 0. The molecule has 4 heteroatoms. The maximum Gasteiger partial charge on any atom is 0.234 e. The summed E-state index contributed by atoms with van der Waals surface area (Å²) >= 11 is 0. The molecular weight excluding hydrogens is 252 g/mol. The first-order chi connectivity index (χ1) is 9.76. The molecule has 3 aliphatic carbocycles. The van der Waals surface area contributed by atoms with Crippen molar-refractivity contribution in [2.75, 3.05) is 13.1 Å². The maximum absolute atomic E-state index is 10.4. The molecule has 0 heterocycles. The van der Waals surface area contributed by atoms with E-state index in [2.05, 4.69) is 16.9 Å². The van der Waals surface area contributed by atoms with Gasteiger partial charge in [0.05, 0.1) is 13.1 Å². The molecule has 3 saturated carbocycles. The normalized spacial score (nSPS) is 45.4. The summed E-state index contributed by atoms with van der Waals surface area (Å²) in [6, 6.07) is 0. The number of fused-ring (bicyclic) bond motifs is 5. The van der Waals surface area contributed by atoms with Crippen molar-refractivity contribution in [3.63, 3.8) is 0 Å². The second kappa shape index (κ2) is 5.63. The molecule has 7 atom stereocenters. The van der Waals surface area contributed by atoms with Crippen LogP contribution in [0, 0.1) is 41.4 Å². The lowest BCUT2D eigenvalue weighted by Gasteiger charge is -2.46. The molecule has 3 rings (SSSR count). The highest BCUT2D eigenvalue weighted by atomic mass is 16.1. The maximum atomic E-state index is 10.4. The van der Waals surface area contributed by atoms with Gasteiger partial charge in [-0.3, -0.25) is 0 Å². The summed E-state index contributed by atoms with van der Waals surface area (Å²) < 4.78 is 0. The van der Waals surface area contributed by atoms with E-state index in [1.165, 1.54) is 25.7 Å². The molecule has 3 aliphatic rings. The lowest BCUT2D eigenvalue weighted by atomic mass is 9.59. The molecule has 2 bridgehead atoms. The molecule has 0 aromatic carbocycles. The summed E-state index contributed by atoms with van der Waals surface area (Å²) in [5.41, 5.74) is 0. The number of hydrogen-bond acceptors (Lipinski definition) is 4. The van der Waals surface area contributed by atoms with Crippen LogP contribution in [0.3, 0.4) is 0 Å². The van der Waals surface area contributed by atoms with E-state index in [0.29, 0.717) is 24.9 Å². The van der Waals surface area contributed by atoms with E-state index < -0.39 is 0 Å². The van der Waals surface area contributed by atoms with Crippen molar-refractivity contribution in [3.05, 3.63) is 0 Å². The van der Waals surface area contributed by atoms with Gasteiger partial charge in [0.2, 0.25) is 12.2 Å². The van der Waals surface area contributed by atoms with Crippen LogP contribution >= 0.6 is 0 Å².